The predicted molar refractivity (Wildman–Crippen MR) is 140 cm³/mol. The van der Waals surface area contributed by atoms with Crippen molar-refractivity contribution in [3.8, 4) is 0 Å². The van der Waals surface area contributed by atoms with Gasteiger partial charge in [0.15, 0.2) is 0 Å². The largest absolute Gasteiger partial charge is 0.459 e. The molecule has 4 N–H and O–H groups in total. The van der Waals surface area contributed by atoms with E-state index in [1.165, 1.54) is 19.1 Å². The van der Waals surface area contributed by atoms with Gasteiger partial charge in [-0.1, -0.05) is 62.8 Å². The van der Waals surface area contributed by atoms with Crippen LogP contribution in [0.25, 0.3) is 0 Å². The van der Waals surface area contributed by atoms with E-state index in [1.807, 2.05) is 20.8 Å². The third kappa shape index (κ3) is 8.12. The van der Waals surface area contributed by atoms with E-state index in [1.54, 1.807) is 32.1 Å². The molecule has 0 spiro atoms. The van der Waals surface area contributed by atoms with Crippen LogP contribution in [0.5, 0.6) is 0 Å². The van der Waals surface area contributed by atoms with Gasteiger partial charge in [-0.05, 0) is 58.3 Å². The molecule has 2 aliphatic rings. The summed E-state index contributed by atoms with van der Waals surface area (Å²) in [5.74, 6) is -2.86. The molecule has 1 fully saturated rings. The van der Waals surface area contributed by atoms with Crippen LogP contribution in [0.1, 0.15) is 73.6 Å². The summed E-state index contributed by atoms with van der Waals surface area (Å²) in [5.41, 5.74) is -0.206. The fourth-order valence-electron chi connectivity index (χ4n) is 4.58. The zero-order valence-corrected chi connectivity index (χ0v) is 22.7. The second-order valence-corrected chi connectivity index (χ2v) is 11.2. The minimum atomic E-state index is -1.84. The molecule has 0 aliphatic carbocycles. The highest BCUT2D eigenvalue weighted by molar-refractivity contribution is 5.83. The number of carbonyl (C=O) groups is 1. The van der Waals surface area contributed by atoms with Crippen LogP contribution in [0.4, 0.5) is 0 Å². The van der Waals surface area contributed by atoms with E-state index in [4.69, 9.17) is 9.47 Å². The van der Waals surface area contributed by atoms with Gasteiger partial charge in [-0.15, -0.1) is 0 Å². The van der Waals surface area contributed by atoms with Gasteiger partial charge in [0, 0.05) is 18.4 Å². The third-order valence-electron chi connectivity index (χ3n) is 7.75. The maximum absolute atomic E-state index is 12.8. The molecule has 204 valence electrons. The minimum Gasteiger partial charge on any atom is -0.459 e. The summed E-state index contributed by atoms with van der Waals surface area (Å²) < 4.78 is 11.8. The van der Waals surface area contributed by atoms with Gasteiger partial charge in [0.2, 0.25) is 5.79 Å². The van der Waals surface area contributed by atoms with Crippen molar-refractivity contribution in [2.45, 2.75) is 109 Å². The Bertz CT molecular complexity index is 856. The van der Waals surface area contributed by atoms with E-state index in [-0.39, 0.29) is 24.2 Å². The molecule has 9 atom stereocenters. The fourth-order valence-corrected chi connectivity index (χ4v) is 4.58. The molecule has 0 saturated carbocycles. The van der Waals surface area contributed by atoms with Gasteiger partial charge in [-0.2, -0.15) is 0 Å². The number of fused-ring (bicyclic) bond motifs is 2. The van der Waals surface area contributed by atoms with Crippen molar-refractivity contribution in [1.82, 2.24) is 0 Å². The Hall–Kier alpha value is -1.77. The van der Waals surface area contributed by atoms with E-state index in [9.17, 15) is 25.2 Å². The Kier molecular flexibility index (Phi) is 10.7. The van der Waals surface area contributed by atoms with Gasteiger partial charge in [-0.3, -0.25) is 0 Å². The molecule has 0 aromatic heterocycles. The first-order valence-electron chi connectivity index (χ1n) is 13.0. The van der Waals surface area contributed by atoms with Crippen molar-refractivity contribution in [1.29, 1.82) is 0 Å². The lowest BCUT2D eigenvalue weighted by atomic mass is 9.83. The van der Waals surface area contributed by atoms with E-state index >= 15 is 0 Å². The molecule has 0 unspecified atom stereocenters. The minimum absolute atomic E-state index is 0.0922. The van der Waals surface area contributed by atoms with Gasteiger partial charge >= 0.3 is 5.97 Å². The van der Waals surface area contributed by atoms with Crippen LogP contribution < -0.4 is 0 Å². The molecule has 2 heterocycles. The number of allylic oxidation sites excluding steroid dienone is 1. The summed E-state index contributed by atoms with van der Waals surface area (Å²) in [5, 5.41) is 43.1. The molecule has 0 radical (unpaired) electrons. The first kappa shape index (κ1) is 30.5. The summed E-state index contributed by atoms with van der Waals surface area (Å²) in [6.07, 6.45) is 7.94. The van der Waals surface area contributed by atoms with Crippen molar-refractivity contribution >= 4 is 5.97 Å². The van der Waals surface area contributed by atoms with Crippen LogP contribution in [0.3, 0.4) is 0 Å². The van der Waals surface area contributed by atoms with Crippen molar-refractivity contribution in [3.05, 3.63) is 48.1 Å². The second kappa shape index (κ2) is 12.7. The van der Waals surface area contributed by atoms with E-state index in [0.717, 1.165) is 5.57 Å². The summed E-state index contributed by atoms with van der Waals surface area (Å²) in [6.45, 7) is 14.7. The smallest absolute Gasteiger partial charge is 0.330 e. The highest BCUT2D eigenvalue weighted by Crippen LogP contribution is 2.39. The molecule has 2 aliphatic heterocycles. The zero-order chi connectivity index (χ0) is 27.3. The van der Waals surface area contributed by atoms with Crippen molar-refractivity contribution in [2.24, 2.45) is 17.8 Å². The lowest BCUT2D eigenvalue weighted by Crippen LogP contribution is -2.56. The predicted octanol–water partition coefficient (Wildman–Crippen LogP) is 3.97. The topological polar surface area (TPSA) is 116 Å². The Morgan fingerprint density at radius 2 is 1.86 bits per heavy atom. The standard InChI is InChI=1S/C29H46O7/c1-18-14-24-11-8-12-25(31)22(5)20(3)16-27(32)35-26(15-21(4)23(6)30)19(2)10-9-13-28(7,33)29(34,17-18)36-24/h8-9,12-13,16,19,21-26,30-31,33-34H,1,10-11,14-15,17H2,2-7H3/b12-8-,13-9-,20-16-/t19-,21-,22-,23+,24-,25+,26-,28+,29-/m1/s1. The number of carbonyl (C=O) groups excluding carboxylic acids is 1. The number of rotatable bonds is 3. The molecule has 2 bridgehead atoms. The van der Waals surface area contributed by atoms with Crippen LogP contribution in [0.15, 0.2) is 48.1 Å². The number of ether oxygens (including phenoxy) is 2. The van der Waals surface area contributed by atoms with Crippen LogP contribution in [-0.2, 0) is 14.3 Å². The first-order chi connectivity index (χ1) is 16.6. The van der Waals surface area contributed by atoms with E-state index < -0.39 is 41.8 Å². The molecular formula is C29H46O7. The molecule has 2 rings (SSSR count). The van der Waals surface area contributed by atoms with Gasteiger partial charge in [0.05, 0.1) is 18.3 Å². The lowest BCUT2D eigenvalue weighted by molar-refractivity contribution is -0.305. The molecule has 0 amide bonds. The molecule has 7 heteroatoms. The van der Waals surface area contributed by atoms with Crippen LogP contribution >= 0.6 is 0 Å². The molecule has 7 nitrogen and oxygen atoms in total. The maximum Gasteiger partial charge on any atom is 0.330 e. The quantitative estimate of drug-likeness (QED) is 0.338. The number of aliphatic hydroxyl groups is 4. The molecule has 1 saturated heterocycles. The number of aliphatic hydroxyl groups excluding tert-OH is 2. The lowest BCUT2D eigenvalue weighted by Gasteiger charge is -2.45. The average molecular weight is 507 g/mol. The normalized spacial score (nSPS) is 42.2. The maximum atomic E-state index is 12.8. The van der Waals surface area contributed by atoms with Crippen molar-refractivity contribution in [2.75, 3.05) is 0 Å². The summed E-state index contributed by atoms with van der Waals surface area (Å²) in [6, 6.07) is 0. The summed E-state index contributed by atoms with van der Waals surface area (Å²) >= 11 is 0. The third-order valence-corrected chi connectivity index (χ3v) is 7.75. The SMILES string of the molecule is C=C1C[C@H]2C/C=C\[C@H](O)[C@H](C)/C(C)=C\C(=O)O[C@H](C[C@@H](C)[C@H](C)O)[C@H](C)C/C=C\[C@](C)(O)[C@@](O)(C1)O2. The highest BCUT2D eigenvalue weighted by atomic mass is 16.6. The average Bonchev–Trinajstić information content (AvgIpc) is 2.76. The van der Waals surface area contributed by atoms with Gasteiger partial charge in [-0.25, -0.2) is 4.79 Å². The summed E-state index contributed by atoms with van der Waals surface area (Å²) in [7, 11) is 0. The molecular weight excluding hydrogens is 460 g/mol. The van der Waals surface area contributed by atoms with Crippen molar-refractivity contribution < 1.29 is 34.7 Å². The van der Waals surface area contributed by atoms with E-state index in [0.29, 0.717) is 31.3 Å². The molecule has 0 aromatic carbocycles. The van der Waals surface area contributed by atoms with Gasteiger partial charge < -0.3 is 29.9 Å². The van der Waals surface area contributed by atoms with Crippen LogP contribution in [0.2, 0.25) is 0 Å². The Morgan fingerprint density at radius 3 is 2.50 bits per heavy atom. The molecule has 36 heavy (non-hydrogen) atoms. The number of esters is 1. The van der Waals surface area contributed by atoms with E-state index in [2.05, 4.69) is 6.58 Å². The monoisotopic (exact) mass is 506 g/mol. The Labute approximate surface area is 216 Å². The number of hydrogen-bond donors (Lipinski definition) is 4. The fraction of sp³-hybridized carbons (Fsp3) is 0.690. The number of cyclic esters (lactones) is 1. The Morgan fingerprint density at radius 1 is 1.19 bits per heavy atom. The van der Waals surface area contributed by atoms with Gasteiger partial charge in [0.25, 0.3) is 0 Å². The zero-order valence-electron chi connectivity index (χ0n) is 22.7. The van der Waals surface area contributed by atoms with Crippen LogP contribution in [0, 0.1) is 17.8 Å². The second-order valence-electron chi connectivity index (χ2n) is 11.2. The first-order valence-corrected chi connectivity index (χ1v) is 13.0. The molecule has 0 aromatic rings. The van der Waals surface area contributed by atoms with Gasteiger partial charge in [0.1, 0.15) is 11.7 Å². The van der Waals surface area contributed by atoms with Crippen molar-refractivity contribution in [3.63, 3.8) is 0 Å². The summed E-state index contributed by atoms with van der Waals surface area (Å²) in [4.78, 5) is 12.8. The van der Waals surface area contributed by atoms with Crippen LogP contribution in [-0.4, -0.2) is 62.2 Å². The Balaban J connectivity index is 2.41. The highest BCUT2D eigenvalue weighted by Gasteiger charge is 2.49. The number of hydrogen-bond acceptors (Lipinski definition) is 7.